The first-order valence-corrected chi connectivity index (χ1v) is 10.2. The Kier molecular flexibility index (Phi) is 15.9. The number of likely N-dealkylation sites (N-methyl/N-ethyl adjacent to an activating group) is 1. The van der Waals surface area contributed by atoms with Gasteiger partial charge in [0, 0.05) is 5.75 Å². The fraction of sp³-hybridized carbons (Fsp3) is 0.778. The minimum absolute atomic E-state index is 0.193. The van der Waals surface area contributed by atoms with E-state index in [1.165, 1.54) is 32.1 Å². The van der Waals surface area contributed by atoms with E-state index in [0.717, 1.165) is 30.4 Å². The quantitative estimate of drug-likeness (QED) is 0.218. The van der Waals surface area contributed by atoms with Crippen molar-refractivity contribution in [2.75, 3.05) is 32.9 Å². The molecular weight excluding hydrogens is 310 g/mol. The van der Waals surface area contributed by atoms with Crippen molar-refractivity contribution < 1.29 is 17.5 Å². The second kappa shape index (κ2) is 14.9. The lowest BCUT2D eigenvalue weighted by Crippen LogP contribution is -2.39. The fourth-order valence-corrected chi connectivity index (χ4v) is 2.74. The highest BCUT2D eigenvalue weighted by Crippen LogP contribution is 2.08. The Morgan fingerprint density at radius 3 is 1.61 bits per heavy atom. The molecule has 0 aliphatic heterocycles. The smallest absolute Gasteiger partial charge is 0.0969 e. The number of rotatable bonds is 13. The maximum absolute atomic E-state index is 10.2. The van der Waals surface area contributed by atoms with Crippen LogP contribution in [0.4, 0.5) is 0 Å². The third-order valence-electron chi connectivity index (χ3n) is 3.49. The first kappa shape index (κ1) is 24.6. The van der Waals surface area contributed by atoms with Crippen molar-refractivity contribution in [1.82, 2.24) is 0 Å². The van der Waals surface area contributed by atoms with Crippen LogP contribution in [-0.2, 0) is 10.1 Å². The molecule has 138 valence electrons. The minimum Gasteiger partial charge on any atom is -0.748 e. The van der Waals surface area contributed by atoms with Crippen molar-refractivity contribution in [2.45, 2.75) is 58.3 Å². The summed E-state index contributed by atoms with van der Waals surface area (Å²) in [5.74, 6) is -0.193. The third kappa shape index (κ3) is 23.7. The summed E-state index contributed by atoms with van der Waals surface area (Å²) in [7, 11) is 0.337. The molecule has 0 fully saturated rings. The van der Waals surface area contributed by atoms with Crippen LogP contribution in [0.3, 0.4) is 0 Å². The van der Waals surface area contributed by atoms with Crippen LogP contribution in [0, 0.1) is 0 Å². The van der Waals surface area contributed by atoms with Gasteiger partial charge in [0.15, 0.2) is 0 Å². The summed E-state index contributed by atoms with van der Waals surface area (Å²) in [5, 5.41) is 0. The topological polar surface area (TPSA) is 57.2 Å². The van der Waals surface area contributed by atoms with Gasteiger partial charge in [0.1, 0.15) is 0 Å². The van der Waals surface area contributed by atoms with Crippen molar-refractivity contribution >= 4 is 10.1 Å². The van der Waals surface area contributed by atoms with Crippen molar-refractivity contribution in [2.24, 2.45) is 0 Å². The minimum atomic E-state index is -3.98. The lowest BCUT2D eigenvalue weighted by molar-refractivity contribution is -0.878. The standard InChI is InChI=1S/C10H22O3S.C8H16N/c1-2-3-4-5-6-7-8-9-10-14(11,12)13;1-5-7-9(3,4)8-6-2/h2-10H2,1H3,(H,11,12,13);5-6H,1-2,7-8H2,3-4H3/q;+1/p-1. The van der Waals surface area contributed by atoms with Gasteiger partial charge in [-0.2, -0.15) is 0 Å². The Morgan fingerprint density at radius 1 is 0.870 bits per heavy atom. The summed E-state index contributed by atoms with van der Waals surface area (Å²) in [6.07, 6.45) is 12.5. The number of quaternary nitrogens is 1. The molecule has 0 aliphatic carbocycles. The highest BCUT2D eigenvalue weighted by molar-refractivity contribution is 7.85. The maximum Gasteiger partial charge on any atom is 0.0969 e. The summed E-state index contributed by atoms with van der Waals surface area (Å²) >= 11 is 0. The van der Waals surface area contributed by atoms with Crippen LogP contribution in [0.5, 0.6) is 0 Å². The van der Waals surface area contributed by atoms with Gasteiger partial charge in [-0.15, -0.1) is 0 Å². The molecule has 0 bridgehead atoms. The van der Waals surface area contributed by atoms with Gasteiger partial charge < -0.3 is 9.04 Å². The molecule has 0 aromatic heterocycles. The normalized spacial score (nSPS) is 11.5. The van der Waals surface area contributed by atoms with Crippen molar-refractivity contribution in [3.63, 3.8) is 0 Å². The zero-order valence-corrected chi connectivity index (χ0v) is 16.2. The van der Waals surface area contributed by atoms with Crippen molar-refractivity contribution in [3.05, 3.63) is 25.3 Å². The molecule has 0 aromatic rings. The zero-order valence-electron chi connectivity index (χ0n) is 15.4. The van der Waals surface area contributed by atoms with E-state index in [4.69, 9.17) is 0 Å². The predicted molar refractivity (Wildman–Crippen MR) is 99.4 cm³/mol. The van der Waals surface area contributed by atoms with E-state index >= 15 is 0 Å². The maximum atomic E-state index is 10.2. The third-order valence-corrected chi connectivity index (χ3v) is 4.28. The van der Waals surface area contributed by atoms with Gasteiger partial charge in [0.25, 0.3) is 0 Å². The molecule has 0 aromatic carbocycles. The largest absolute Gasteiger partial charge is 0.748 e. The Balaban J connectivity index is 0. The lowest BCUT2D eigenvalue weighted by Gasteiger charge is -2.26. The van der Waals surface area contributed by atoms with E-state index in [2.05, 4.69) is 34.2 Å². The van der Waals surface area contributed by atoms with Crippen LogP contribution in [0.2, 0.25) is 0 Å². The second-order valence-electron chi connectivity index (χ2n) is 6.61. The van der Waals surface area contributed by atoms with E-state index in [9.17, 15) is 13.0 Å². The number of unbranched alkanes of at least 4 members (excludes halogenated alkanes) is 7. The van der Waals surface area contributed by atoms with Crippen LogP contribution < -0.4 is 0 Å². The Labute approximate surface area is 144 Å². The van der Waals surface area contributed by atoms with Crippen LogP contribution in [0.25, 0.3) is 0 Å². The second-order valence-corrected chi connectivity index (χ2v) is 8.14. The highest BCUT2D eigenvalue weighted by atomic mass is 32.2. The van der Waals surface area contributed by atoms with Gasteiger partial charge in [0.2, 0.25) is 0 Å². The summed E-state index contributed by atoms with van der Waals surface area (Å²) < 4.78 is 31.7. The van der Waals surface area contributed by atoms with Crippen LogP contribution in [-0.4, -0.2) is 50.4 Å². The Hall–Kier alpha value is -0.650. The van der Waals surface area contributed by atoms with Crippen LogP contribution >= 0.6 is 0 Å². The average Bonchev–Trinajstić information content (AvgIpc) is 2.41. The molecule has 23 heavy (non-hydrogen) atoms. The number of hydrogen-bond donors (Lipinski definition) is 0. The lowest BCUT2D eigenvalue weighted by atomic mass is 10.1. The van der Waals surface area contributed by atoms with Gasteiger partial charge in [-0.05, 0) is 18.6 Å². The summed E-state index contributed by atoms with van der Waals surface area (Å²) in [5.41, 5.74) is 0. The van der Waals surface area contributed by atoms with E-state index in [1.54, 1.807) is 0 Å². The Morgan fingerprint density at radius 2 is 1.26 bits per heavy atom. The van der Waals surface area contributed by atoms with Gasteiger partial charge in [-0.3, -0.25) is 0 Å². The Bertz CT molecular complexity index is 377. The van der Waals surface area contributed by atoms with Crippen molar-refractivity contribution in [1.29, 1.82) is 0 Å². The van der Waals surface area contributed by atoms with E-state index < -0.39 is 10.1 Å². The molecule has 0 rings (SSSR count). The van der Waals surface area contributed by atoms with Gasteiger partial charge in [-0.25, -0.2) is 8.42 Å². The molecular formula is C18H37NO3S. The summed E-state index contributed by atoms with van der Waals surface area (Å²) in [4.78, 5) is 0. The van der Waals surface area contributed by atoms with Gasteiger partial charge >= 0.3 is 0 Å². The predicted octanol–water partition coefficient (Wildman–Crippen LogP) is 4.11. The molecule has 0 amide bonds. The monoisotopic (exact) mass is 347 g/mol. The van der Waals surface area contributed by atoms with Gasteiger partial charge in [-0.1, -0.05) is 65.0 Å². The molecule has 0 unspecified atom stereocenters. The zero-order chi connectivity index (χ0) is 18.2. The molecule has 0 heterocycles. The first-order valence-electron chi connectivity index (χ1n) is 8.66. The first-order chi connectivity index (χ1) is 10.7. The molecule has 0 spiro atoms. The van der Waals surface area contributed by atoms with E-state index in [-0.39, 0.29) is 5.75 Å². The van der Waals surface area contributed by atoms with Crippen molar-refractivity contribution in [3.8, 4) is 0 Å². The molecule has 0 aliphatic rings. The fourth-order valence-electron chi connectivity index (χ4n) is 2.19. The molecule has 4 nitrogen and oxygen atoms in total. The molecule has 0 radical (unpaired) electrons. The summed E-state index contributed by atoms with van der Waals surface area (Å²) in [6, 6.07) is 0. The van der Waals surface area contributed by atoms with Gasteiger partial charge in [0.05, 0.1) is 37.3 Å². The molecule has 0 atom stereocenters. The number of hydrogen-bond acceptors (Lipinski definition) is 3. The summed E-state index contributed by atoms with van der Waals surface area (Å²) in [6.45, 7) is 11.5. The van der Waals surface area contributed by atoms with Crippen LogP contribution in [0.1, 0.15) is 58.3 Å². The SMILES string of the molecule is C=CC[N+](C)(C)CC=C.CCCCCCCCCCS(=O)(=O)[O-]. The van der Waals surface area contributed by atoms with E-state index in [1.807, 2.05) is 12.2 Å². The number of nitrogens with zero attached hydrogens (tertiary/aromatic N) is 1. The average molecular weight is 348 g/mol. The van der Waals surface area contributed by atoms with Crippen LogP contribution in [0.15, 0.2) is 25.3 Å². The molecule has 0 N–H and O–H groups in total. The molecule has 5 heteroatoms. The van der Waals surface area contributed by atoms with E-state index in [0.29, 0.717) is 6.42 Å². The molecule has 0 saturated carbocycles. The molecule has 0 saturated heterocycles. The highest BCUT2D eigenvalue weighted by Gasteiger charge is 2.07.